The predicted molar refractivity (Wildman–Crippen MR) is 109 cm³/mol. The molecule has 3 amide bonds. The van der Waals surface area contributed by atoms with E-state index in [1.54, 1.807) is 12.1 Å². The number of methoxy groups -OCH3 is 1. The third-order valence-corrected chi connectivity index (χ3v) is 5.39. The lowest BCUT2D eigenvalue weighted by Gasteiger charge is -2.23. The molecule has 1 aliphatic rings. The highest BCUT2D eigenvalue weighted by Crippen LogP contribution is 2.36. The zero-order chi connectivity index (χ0) is 20.8. The summed E-state index contributed by atoms with van der Waals surface area (Å²) >= 11 is 1.32. The van der Waals surface area contributed by atoms with Crippen molar-refractivity contribution in [3.05, 3.63) is 48.0 Å². The summed E-state index contributed by atoms with van der Waals surface area (Å²) in [4.78, 5) is 37.6. The third-order valence-electron chi connectivity index (χ3n) is 4.12. The van der Waals surface area contributed by atoms with Gasteiger partial charge in [0.25, 0.3) is 5.91 Å². The number of ether oxygens (including phenoxy) is 2. The zero-order valence-corrected chi connectivity index (χ0v) is 16.8. The molecule has 8 nitrogen and oxygen atoms in total. The number of fused-ring (bicyclic) bond motifs is 1. The van der Waals surface area contributed by atoms with E-state index in [1.807, 2.05) is 31.2 Å². The van der Waals surface area contributed by atoms with Crippen LogP contribution in [-0.4, -0.2) is 36.7 Å². The Morgan fingerprint density at radius 3 is 2.69 bits per heavy atom. The van der Waals surface area contributed by atoms with E-state index in [-0.39, 0.29) is 12.3 Å². The van der Waals surface area contributed by atoms with Gasteiger partial charge >= 0.3 is 0 Å². The SMILES string of the molecule is CCOc1ccc(C(=O)NNC(=O)C[C@@H]2Sc3ccccc3NC2=O)cc1OC. The van der Waals surface area contributed by atoms with E-state index in [9.17, 15) is 14.4 Å². The highest BCUT2D eigenvalue weighted by Gasteiger charge is 2.28. The molecule has 0 fully saturated rings. The number of hydrazine groups is 1. The Kier molecular flexibility index (Phi) is 6.61. The van der Waals surface area contributed by atoms with Crippen LogP contribution in [0.3, 0.4) is 0 Å². The fraction of sp³-hybridized carbons (Fsp3) is 0.250. The Bertz CT molecular complexity index is 934. The highest BCUT2D eigenvalue weighted by molar-refractivity contribution is 8.01. The molecule has 0 radical (unpaired) electrons. The second-order valence-corrected chi connectivity index (χ2v) is 7.34. The van der Waals surface area contributed by atoms with E-state index >= 15 is 0 Å². The van der Waals surface area contributed by atoms with Crippen LogP contribution in [0.4, 0.5) is 5.69 Å². The second kappa shape index (κ2) is 9.33. The Morgan fingerprint density at radius 1 is 1.14 bits per heavy atom. The van der Waals surface area contributed by atoms with E-state index in [0.29, 0.717) is 23.7 Å². The van der Waals surface area contributed by atoms with Gasteiger partial charge in [-0.25, -0.2) is 0 Å². The fourth-order valence-corrected chi connectivity index (χ4v) is 3.84. The minimum Gasteiger partial charge on any atom is -0.493 e. The van der Waals surface area contributed by atoms with Crippen LogP contribution in [0.1, 0.15) is 23.7 Å². The number of carbonyl (C=O) groups is 3. The first-order valence-electron chi connectivity index (χ1n) is 8.98. The van der Waals surface area contributed by atoms with E-state index in [1.165, 1.54) is 24.9 Å². The van der Waals surface area contributed by atoms with Crippen LogP contribution in [0.25, 0.3) is 0 Å². The molecule has 2 aromatic rings. The van der Waals surface area contributed by atoms with Gasteiger partial charge in [0, 0.05) is 16.9 Å². The fourth-order valence-electron chi connectivity index (χ4n) is 2.73. The van der Waals surface area contributed by atoms with E-state index in [4.69, 9.17) is 9.47 Å². The van der Waals surface area contributed by atoms with Crippen molar-refractivity contribution in [2.45, 2.75) is 23.5 Å². The van der Waals surface area contributed by atoms with Crippen molar-refractivity contribution in [2.24, 2.45) is 0 Å². The molecule has 1 atom stereocenters. The monoisotopic (exact) mass is 415 g/mol. The van der Waals surface area contributed by atoms with E-state index in [0.717, 1.165) is 10.6 Å². The summed E-state index contributed by atoms with van der Waals surface area (Å²) < 4.78 is 10.6. The van der Waals surface area contributed by atoms with Crippen molar-refractivity contribution in [1.29, 1.82) is 0 Å². The van der Waals surface area contributed by atoms with Crippen molar-refractivity contribution in [2.75, 3.05) is 19.0 Å². The van der Waals surface area contributed by atoms with Gasteiger partial charge in [-0.15, -0.1) is 11.8 Å². The molecule has 9 heteroatoms. The van der Waals surface area contributed by atoms with Gasteiger partial charge in [0.15, 0.2) is 11.5 Å². The first-order chi connectivity index (χ1) is 14.0. The third kappa shape index (κ3) is 5.00. The first-order valence-corrected chi connectivity index (χ1v) is 9.86. The van der Waals surface area contributed by atoms with Gasteiger partial charge in [0.2, 0.25) is 11.8 Å². The van der Waals surface area contributed by atoms with E-state index < -0.39 is 17.1 Å². The van der Waals surface area contributed by atoms with Crippen LogP contribution < -0.4 is 25.6 Å². The van der Waals surface area contributed by atoms with Gasteiger partial charge in [0.1, 0.15) is 0 Å². The molecular weight excluding hydrogens is 394 g/mol. The number of benzene rings is 2. The Morgan fingerprint density at radius 2 is 1.93 bits per heavy atom. The Labute approximate surface area is 172 Å². The summed E-state index contributed by atoms with van der Waals surface area (Å²) in [5.74, 6) is -0.281. The smallest absolute Gasteiger partial charge is 0.269 e. The Balaban J connectivity index is 1.55. The number of carbonyl (C=O) groups excluding carboxylic acids is 3. The molecule has 2 aromatic carbocycles. The maximum Gasteiger partial charge on any atom is 0.269 e. The van der Waals surface area contributed by atoms with E-state index in [2.05, 4.69) is 16.2 Å². The molecule has 1 heterocycles. The number of para-hydroxylation sites is 1. The number of nitrogens with one attached hydrogen (secondary N) is 3. The molecule has 29 heavy (non-hydrogen) atoms. The van der Waals surface area contributed by atoms with Gasteiger partial charge in [-0.2, -0.15) is 0 Å². The van der Waals surface area contributed by atoms with Gasteiger partial charge in [-0.3, -0.25) is 25.2 Å². The Hall–Kier alpha value is -3.20. The number of hydrogen-bond donors (Lipinski definition) is 3. The lowest BCUT2D eigenvalue weighted by Crippen LogP contribution is -2.44. The lowest BCUT2D eigenvalue weighted by molar-refractivity contribution is -0.124. The number of amides is 3. The summed E-state index contributed by atoms with van der Waals surface area (Å²) in [6, 6.07) is 12.1. The number of thioether (sulfide) groups is 1. The minimum absolute atomic E-state index is 0.0717. The standard InChI is InChI=1S/C20H21N3O5S/c1-3-28-14-9-8-12(10-15(14)27-2)19(25)23-22-18(24)11-17-20(26)21-13-6-4-5-7-16(13)29-17/h4-10,17H,3,11H2,1-2H3,(H,21,26)(H,22,24)(H,23,25)/t17-/m0/s1. The maximum atomic E-state index is 12.3. The quantitative estimate of drug-likeness (QED) is 0.626. The molecule has 0 bridgehead atoms. The molecule has 0 aliphatic carbocycles. The van der Waals surface area contributed by atoms with Crippen LogP contribution in [0, 0.1) is 0 Å². The van der Waals surface area contributed by atoms with Gasteiger partial charge in [-0.1, -0.05) is 12.1 Å². The summed E-state index contributed by atoms with van der Waals surface area (Å²) in [5.41, 5.74) is 5.72. The number of anilines is 1. The molecule has 0 saturated heterocycles. The highest BCUT2D eigenvalue weighted by atomic mass is 32.2. The predicted octanol–water partition coefficient (Wildman–Crippen LogP) is 2.36. The summed E-state index contributed by atoms with van der Waals surface area (Å²) in [5, 5.41) is 2.20. The summed E-state index contributed by atoms with van der Waals surface area (Å²) in [6.07, 6.45) is -0.0717. The number of hydrogen-bond acceptors (Lipinski definition) is 6. The van der Waals surface area contributed by atoms with Crippen LogP contribution in [0.5, 0.6) is 11.5 Å². The normalized spacial score (nSPS) is 15.0. The average Bonchev–Trinajstić information content (AvgIpc) is 2.73. The largest absolute Gasteiger partial charge is 0.493 e. The maximum absolute atomic E-state index is 12.3. The van der Waals surface area contributed by atoms with Crippen LogP contribution in [0.2, 0.25) is 0 Å². The van der Waals surface area contributed by atoms with Gasteiger partial charge in [-0.05, 0) is 37.3 Å². The van der Waals surface area contributed by atoms with Crippen molar-refractivity contribution in [3.63, 3.8) is 0 Å². The molecule has 1 aliphatic heterocycles. The van der Waals surface area contributed by atoms with Crippen molar-refractivity contribution in [1.82, 2.24) is 10.9 Å². The molecule has 152 valence electrons. The van der Waals surface area contributed by atoms with Crippen LogP contribution in [-0.2, 0) is 9.59 Å². The molecule has 0 aromatic heterocycles. The second-order valence-electron chi connectivity index (χ2n) is 6.10. The summed E-state index contributed by atoms with van der Waals surface area (Å²) in [6.45, 7) is 2.31. The number of rotatable bonds is 6. The molecule has 0 unspecified atom stereocenters. The molecule has 0 saturated carbocycles. The molecule has 3 N–H and O–H groups in total. The molecular formula is C20H21N3O5S. The first kappa shape index (κ1) is 20.5. The van der Waals surface area contributed by atoms with Crippen LogP contribution >= 0.6 is 11.8 Å². The zero-order valence-electron chi connectivity index (χ0n) is 16.0. The van der Waals surface area contributed by atoms with Crippen LogP contribution in [0.15, 0.2) is 47.4 Å². The molecule has 0 spiro atoms. The van der Waals surface area contributed by atoms with Crippen molar-refractivity contribution in [3.8, 4) is 11.5 Å². The minimum atomic E-state index is -0.577. The topological polar surface area (TPSA) is 106 Å². The average molecular weight is 415 g/mol. The molecule has 3 rings (SSSR count). The van der Waals surface area contributed by atoms with Crippen molar-refractivity contribution >= 4 is 35.2 Å². The van der Waals surface area contributed by atoms with Gasteiger partial charge < -0.3 is 14.8 Å². The van der Waals surface area contributed by atoms with Gasteiger partial charge in [0.05, 0.1) is 24.7 Å². The lowest BCUT2D eigenvalue weighted by atomic mass is 10.2. The summed E-state index contributed by atoms with van der Waals surface area (Å²) in [7, 11) is 1.48. The van der Waals surface area contributed by atoms with Crippen molar-refractivity contribution < 1.29 is 23.9 Å².